The first-order valence-corrected chi connectivity index (χ1v) is 7.31. The van der Waals surface area contributed by atoms with Crippen LogP contribution in [0.1, 0.15) is 23.1 Å². The second kappa shape index (κ2) is 7.70. The Morgan fingerprint density at radius 1 is 0.810 bits per heavy atom. The summed E-state index contributed by atoms with van der Waals surface area (Å²) in [6.45, 7) is 6.06. The molecule has 21 heavy (non-hydrogen) atoms. The average molecular weight is 285 g/mol. The van der Waals surface area contributed by atoms with Crippen LogP contribution < -0.4 is 15.2 Å². The number of ether oxygens (including phenoxy) is 2. The highest BCUT2D eigenvalue weighted by atomic mass is 16.5. The summed E-state index contributed by atoms with van der Waals surface area (Å²) >= 11 is 0. The van der Waals surface area contributed by atoms with Gasteiger partial charge < -0.3 is 15.2 Å². The Morgan fingerprint density at radius 3 is 2.05 bits per heavy atom. The molecule has 0 bridgehead atoms. The van der Waals surface area contributed by atoms with E-state index in [2.05, 4.69) is 26.0 Å². The van der Waals surface area contributed by atoms with Crippen molar-refractivity contribution in [3.63, 3.8) is 0 Å². The van der Waals surface area contributed by atoms with E-state index in [9.17, 15) is 0 Å². The molecule has 0 fully saturated rings. The molecule has 0 saturated carbocycles. The zero-order chi connectivity index (χ0) is 15.1. The molecule has 2 rings (SSSR count). The van der Waals surface area contributed by atoms with Crippen molar-refractivity contribution < 1.29 is 9.47 Å². The zero-order valence-corrected chi connectivity index (χ0v) is 12.8. The summed E-state index contributed by atoms with van der Waals surface area (Å²) in [5.41, 5.74) is 9.21. The van der Waals surface area contributed by atoms with E-state index in [1.165, 1.54) is 11.1 Å². The Kier molecular flexibility index (Phi) is 5.64. The normalized spacial score (nSPS) is 10.4. The predicted molar refractivity (Wildman–Crippen MR) is 85.9 cm³/mol. The number of aryl methyl sites for hydroxylation is 2. The molecule has 3 nitrogen and oxygen atoms in total. The Hall–Kier alpha value is -2.00. The molecule has 112 valence electrons. The predicted octanol–water partition coefficient (Wildman–Crippen LogP) is 3.61. The molecule has 2 aromatic rings. The molecule has 0 unspecified atom stereocenters. The van der Waals surface area contributed by atoms with E-state index in [1.807, 2.05) is 30.3 Å². The second-order valence-corrected chi connectivity index (χ2v) is 5.14. The van der Waals surface area contributed by atoms with Crippen LogP contribution in [-0.4, -0.2) is 13.2 Å². The van der Waals surface area contributed by atoms with Gasteiger partial charge in [-0.1, -0.05) is 18.2 Å². The largest absolute Gasteiger partial charge is 0.493 e. The van der Waals surface area contributed by atoms with Crippen LogP contribution in [0.15, 0.2) is 42.5 Å². The first-order chi connectivity index (χ1) is 10.2. The minimum atomic E-state index is 0.560. The van der Waals surface area contributed by atoms with Crippen molar-refractivity contribution in [2.75, 3.05) is 13.2 Å². The molecule has 2 aromatic carbocycles. The van der Waals surface area contributed by atoms with Gasteiger partial charge in [-0.2, -0.15) is 0 Å². The molecule has 0 radical (unpaired) electrons. The fraction of sp³-hybridized carbons (Fsp3) is 0.333. The first-order valence-electron chi connectivity index (χ1n) is 7.31. The van der Waals surface area contributed by atoms with Gasteiger partial charge in [-0.3, -0.25) is 0 Å². The van der Waals surface area contributed by atoms with Gasteiger partial charge in [0.05, 0.1) is 13.2 Å². The van der Waals surface area contributed by atoms with Gasteiger partial charge in [-0.05, 0) is 54.8 Å². The van der Waals surface area contributed by atoms with E-state index < -0.39 is 0 Å². The highest BCUT2D eigenvalue weighted by Gasteiger charge is 1.98. The first kappa shape index (κ1) is 15.4. The minimum Gasteiger partial charge on any atom is -0.493 e. The van der Waals surface area contributed by atoms with E-state index in [1.54, 1.807) is 0 Å². The van der Waals surface area contributed by atoms with Crippen molar-refractivity contribution in [3.05, 3.63) is 59.2 Å². The summed E-state index contributed by atoms with van der Waals surface area (Å²) in [6, 6.07) is 14.0. The highest BCUT2D eigenvalue weighted by molar-refractivity contribution is 5.33. The summed E-state index contributed by atoms with van der Waals surface area (Å²) in [5, 5.41) is 0. The minimum absolute atomic E-state index is 0.560. The van der Waals surface area contributed by atoms with Crippen molar-refractivity contribution in [1.82, 2.24) is 0 Å². The topological polar surface area (TPSA) is 44.5 Å². The van der Waals surface area contributed by atoms with Gasteiger partial charge in [0.2, 0.25) is 0 Å². The van der Waals surface area contributed by atoms with Crippen LogP contribution in [-0.2, 0) is 6.54 Å². The lowest BCUT2D eigenvalue weighted by molar-refractivity contribution is 0.247. The fourth-order valence-electron chi connectivity index (χ4n) is 1.96. The van der Waals surface area contributed by atoms with Crippen LogP contribution in [0.2, 0.25) is 0 Å². The summed E-state index contributed by atoms with van der Waals surface area (Å²) < 4.78 is 11.4. The quantitative estimate of drug-likeness (QED) is 0.790. The molecule has 0 amide bonds. The maximum Gasteiger partial charge on any atom is 0.119 e. The maximum atomic E-state index is 5.72. The Labute approximate surface area is 126 Å². The lowest BCUT2D eigenvalue weighted by atomic mass is 10.1. The van der Waals surface area contributed by atoms with Gasteiger partial charge in [0.1, 0.15) is 11.5 Å². The Balaban J connectivity index is 1.68. The van der Waals surface area contributed by atoms with Crippen LogP contribution >= 0.6 is 0 Å². The third kappa shape index (κ3) is 4.80. The van der Waals surface area contributed by atoms with Crippen LogP contribution in [0, 0.1) is 13.8 Å². The van der Waals surface area contributed by atoms with Crippen LogP contribution in [0.4, 0.5) is 0 Å². The molecule has 0 spiro atoms. The second-order valence-electron chi connectivity index (χ2n) is 5.14. The fourth-order valence-corrected chi connectivity index (χ4v) is 1.96. The Bertz CT molecular complexity index is 564. The van der Waals surface area contributed by atoms with Gasteiger partial charge in [0, 0.05) is 13.0 Å². The Morgan fingerprint density at radius 2 is 1.43 bits per heavy atom. The lowest BCUT2D eigenvalue weighted by Crippen LogP contribution is -2.05. The molecule has 0 aromatic heterocycles. The van der Waals surface area contributed by atoms with Crippen LogP contribution in [0.5, 0.6) is 11.5 Å². The van der Waals surface area contributed by atoms with E-state index in [4.69, 9.17) is 15.2 Å². The van der Waals surface area contributed by atoms with Crippen molar-refractivity contribution in [1.29, 1.82) is 0 Å². The number of hydrogen-bond acceptors (Lipinski definition) is 3. The molecule has 0 aliphatic rings. The van der Waals surface area contributed by atoms with E-state index in [-0.39, 0.29) is 0 Å². The van der Waals surface area contributed by atoms with Gasteiger partial charge in [0.25, 0.3) is 0 Å². The number of benzene rings is 2. The van der Waals surface area contributed by atoms with Crippen molar-refractivity contribution >= 4 is 0 Å². The standard InChI is InChI=1S/C18H23NO2/c1-14-4-7-18(12-15(14)2)21-11-3-10-20-17-8-5-16(13-19)6-9-17/h4-9,12H,3,10-11,13,19H2,1-2H3. The average Bonchev–Trinajstić information content (AvgIpc) is 2.51. The molecular weight excluding hydrogens is 262 g/mol. The molecule has 0 heterocycles. The van der Waals surface area contributed by atoms with Gasteiger partial charge in [0.15, 0.2) is 0 Å². The lowest BCUT2D eigenvalue weighted by Gasteiger charge is -2.09. The van der Waals surface area contributed by atoms with E-state index >= 15 is 0 Å². The van der Waals surface area contributed by atoms with Gasteiger partial charge in [-0.15, -0.1) is 0 Å². The molecule has 0 atom stereocenters. The smallest absolute Gasteiger partial charge is 0.119 e. The summed E-state index contributed by atoms with van der Waals surface area (Å²) in [7, 11) is 0. The van der Waals surface area contributed by atoms with Gasteiger partial charge >= 0.3 is 0 Å². The number of nitrogens with two attached hydrogens (primary N) is 1. The van der Waals surface area contributed by atoms with Gasteiger partial charge in [-0.25, -0.2) is 0 Å². The monoisotopic (exact) mass is 285 g/mol. The molecule has 3 heteroatoms. The summed E-state index contributed by atoms with van der Waals surface area (Å²) in [5.74, 6) is 1.80. The van der Waals surface area contributed by atoms with Crippen LogP contribution in [0.3, 0.4) is 0 Å². The zero-order valence-electron chi connectivity index (χ0n) is 12.8. The van der Waals surface area contributed by atoms with Crippen molar-refractivity contribution in [2.45, 2.75) is 26.8 Å². The summed E-state index contributed by atoms with van der Waals surface area (Å²) in [4.78, 5) is 0. The summed E-state index contributed by atoms with van der Waals surface area (Å²) in [6.07, 6.45) is 0.853. The molecule has 0 aliphatic carbocycles. The molecule has 0 aliphatic heterocycles. The van der Waals surface area contributed by atoms with Crippen LogP contribution in [0.25, 0.3) is 0 Å². The van der Waals surface area contributed by atoms with E-state index in [0.717, 1.165) is 23.5 Å². The highest BCUT2D eigenvalue weighted by Crippen LogP contribution is 2.16. The van der Waals surface area contributed by atoms with E-state index in [0.29, 0.717) is 19.8 Å². The maximum absolute atomic E-state index is 5.72. The third-order valence-corrected chi connectivity index (χ3v) is 3.46. The number of rotatable bonds is 7. The van der Waals surface area contributed by atoms with Crippen molar-refractivity contribution in [2.24, 2.45) is 5.73 Å². The third-order valence-electron chi connectivity index (χ3n) is 3.46. The molecule has 0 saturated heterocycles. The SMILES string of the molecule is Cc1ccc(OCCCOc2ccc(CN)cc2)cc1C. The van der Waals surface area contributed by atoms with Crippen molar-refractivity contribution in [3.8, 4) is 11.5 Å². The molecule has 2 N–H and O–H groups in total. The molecular formula is C18H23NO2. The number of hydrogen-bond donors (Lipinski definition) is 1.